The molecular weight excluding hydrogens is 330 g/mol. The molecule has 1 aromatic heterocycles. The maximum Gasteiger partial charge on any atom is 0.308 e. The molecule has 1 heterocycles. The molecule has 0 spiro atoms. The molecule has 0 radical (unpaired) electrons. The van der Waals surface area contributed by atoms with Crippen molar-refractivity contribution in [2.75, 3.05) is 6.54 Å². The van der Waals surface area contributed by atoms with Gasteiger partial charge < -0.3 is 10.4 Å². The van der Waals surface area contributed by atoms with Crippen molar-refractivity contribution in [3.8, 4) is 0 Å². The van der Waals surface area contributed by atoms with E-state index in [2.05, 4.69) is 10.4 Å². The molecule has 2 aromatic carbocycles. The van der Waals surface area contributed by atoms with Crippen molar-refractivity contribution >= 4 is 22.6 Å². The minimum atomic E-state index is -0.928. The van der Waals surface area contributed by atoms with Crippen molar-refractivity contribution in [3.05, 3.63) is 66.0 Å². The molecule has 6 nitrogen and oxygen atoms in total. The van der Waals surface area contributed by atoms with Crippen LogP contribution in [0.3, 0.4) is 0 Å². The zero-order chi connectivity index (χ0) is 18.5. The van der Waals surface area contributed by atoms with Crippen LogP contribution in [0.1, 0.15) is 22.8 Å². The number of carboxylic acid groups (broad SMARTS) is 1. The number of carbonyl (C=O) groups is 2. The molecule has 1 amide bonds. The molecule has 6 heteroatoms. The standard InChI is InChI=1S/C20H21N3O3/c1-2-23-13-18(12-22-23)19(24)21-11-17(20(25)26)10-14-7-8-15-5-3-4-6-16(15)9-14/h3-9,12-13,17H,2,10-11H2,1H3,(H,21,24)(H,25,26). The molecule has 1 unspecified atom stereocenters. The van der Waals surface area contributed by atoms with Gasteiger partial charge in [-0.15, -0.1) is 0 Å². The van der Waals surface area contributed by atoms with E-state index in [4.69, 9.17) is 0 Å². The Morgan fingerprint density at radius 3 is 2.65 bits per heavy atom. The molecule has 0 saturated carbocycles. The minimum Gasteiger partial charge on any atom is -0.481 e. The molecule has 2 N–H and O–H groups in total. The number of hydrogen-bond donors (Lipinski definition) is 2. The Morgan fingerprint density at radius 2 is 1.96 bits per heavy atom. The molecule has 134 valence electrons. The average Bonchev–Trinajstić information content (AvgIpc) is 3.14. The van der Waals surface area contributed by atoms with Gasteiger partial charge in [0.1, 0.15) is 0 Å². The van der Waals surface area contributed by atoms with Crippen molar-refractivity contribution in [1.29, 1.82) is 0 Å². The Hall–Kier alpha value is -3.15. The zero-order valence-electron chi connectivity index (χ0n) is 14.6. The van der Waals surface area contributed by atoms with Gasteiger partial charge in [0.15, 0.2) is 0 Å². The number of nitrogens with one attached hydrogen (secondary N) is 1. The first-order valence-corrected chi connectivity index (χ1v) is 8.58. The molecule has 0 aliphatic rings. The Morgan fingerprint density at radius 1 is 1.19 bits per heavy atom. The van der Waals surface area contributed by atoms with E-state index in [1.807, 2.05) is 49.4 Å². The number of carboxylic acids is 1. The quantitative estimate of drug-likeness (QED) is 0.685. The number of aromatic nitrogens is 2. The van der Waals surface area contributed by atoms with Crippen molar-refractivity contribution < 1.29 is 14.7 Å². The highest BCUT2D eigenvalue weighted by molar-refractivity contribution is 5.93. The van der Waals surface area contributed by atoms with Crippen LogP contribution in [0.25, 0.3) is 10.8 Å². The first-order chi connectivity index (χ1) is 12.6. The summed E-state index contributed by atoms with van der Waals surface area (Å²) < 4.78 is 1.65. The lowest BCUT2D eigenvalue weighted by atomic mass is 9.97. The van der Waals surface area contributed by atoms with Gasteiger partial charge in [-0.05, 0) is 29.7 Å². The van der Waals surface area contributed by atoms with E-state index < -0.39 is 11.9 Å². The van der Waals surface area contributed by atoms with Crippen molar-refractivity contribution in [2.45, 2.75) is 19.9 Å². The normalized spacial score (nSPS) is 12.0. The van der Waals surface area contributed by atoms with Gasteiger partial charge in [0.2, 0.25) is 0 Å². The Kier molecular flexibility index (Phi) is 5.31. The predicted octanol–water partition coefficient (Wildman–Crippen LogP) is 2.73. The Bertz CT molecular complexity index is 933. The summed E-state index contributed by atoms with van der Waals surface area (Å²) in [6.45, 7) is 2.67. The number of amides is 1. The molecule has 0 saturated heterocycles. The Labute approximate surface area is 151 Å². The number of aryl methyl sites for hydroxylation is 1. The van der Waals surface area contributed by atoms with Gasteiger partial charge in [-0.2, -0.15) is 5.10 Å². The molecule has 1 atom stereocenters. The maximum atomic E-state index is 12.2. The van der Waals surface area contributed by atoms with Crippen LogP contribution in [0.15, 0.2) is 54.9 Å². The van der Waals surface area contributed by atoms with Crippen LogP contribution in [0.4, 0.5) is 0 Å². The van der Waals surface area contributed by atoms with Crippen LogP contribution >= 0.6 is 0 Å². The van der Waals surface area contributed by atoms with Crippen molar-refractivity contribution in [2.24, 2.45) is 5.92 Å². The largest absolute Gasteiger partial charge is 0.481 e. The third kappa shape index (κ3) is 4.08. The highest BCUT2D eigenvalue weighted by Crippen LogP contribution is 2.18. The summed E-state index contributed by atoms with van der Waals surface area (Å²) in [7, 11) is 0. The van der Waals surface area contributed by atoms with E-state index in [-0.39, 0.29) is 12.5 Å². The van der Waals surface area contributed by atoms with E-state index in [0.29, 0.717) is 18.5 Å². The summed E-state index contributed by atoms with van der Waals surface area (Å²) in [6.07, 6.45) is 3.49. The molecule has 0 fully saturated rings. The van der Waals surface area contributed by atoms with Crippen LogP contribution in [-0.2, 0) is 17.8 Å². The van der Waals surface area contributed by atoms with Gasteiger partial charge in [-0.3, -0.25) is 14.3 Å². The van der Waals surface area contributed by atoms with E-state index in [1.54, 1.807) is 10.9 Å². The number of carbonyl (C=O) groups excluding carboxylic acids is 1. The average molecular weight is 351 g/mol. The number of aliphatic carboxylic acids is 1. The maximum absolute atomic E-state index is 12.2. The predicted molar refractivity (Wildman–Crippen MR) is 99.0 cm³/mol. The molecule has 3 rings (SSSR count). The third-order valence-corrected chi connectivity index (χ3v) is 4.37. The highest BCUT2D eigenvalue weighted by atomic mass is 16.4. The smallest absolute Gasteiger partial charge is 0.308 e. The fourth-order valence-corrected chi connectivity index (χ4v) is 2.87. The summed E-state index contributed by atoms with van der Waals surface area (Å²) in [5, 5.41) is 18.5. The van der Waals surface area contributed by atoms with Crippen LogP contribution < -0.4 is 5.32 Å². The van der Waals surface area contributed by atoms with Gasteiger partial charge in [0.05, 0.1) is 17.7 Å². The number of benzene rings is 2. The van der Waals surface area contributed by atoms with Gasteiger partial charge >= 0.3 is 5.97 Å². The number of hydrogen-bond acceptors (Lipinski definition) is 3. The van der Waals surface area contributed by atoms with Crippen molar-refractivity contribution in [3.63, 3.8) is 0 Å². The summed E-state index contributed by atoms with van der Waals surface area (Å²) in [6, 6.07) is 13.9. The lowest BCUT2D eigenvalue weighted by Gasteiger charge is -2.14. The fourth-order valence-electron chi connectivity index (χ4n) is 2.87. The first-order valence-electron chi connectivity index (χ1n) is 8.58. The van der Waals surface area contributed by atoms with Crippen LogP contribution in [0.5, 0.6) is 0 Å². The molecule has 0 bridgehead atoms. The van der Waals surface area contributed by atoms with Crippen LogP contribution in [0, 0.1) is 5.92 Å². The summed E-state index contributed by atoms with van der Waals surface area (Å²) in [5.74, 6) is -1.93. The Balaban J connectivity index is 1.66. The second-order valence-electron chi connectivity index (χ2n) is 6.22. The fraction of sp³-hybridized carbons (Fsp3) is 0.250. The number of rotatable bonds is 7. The second kappa shape index (κ2) is 7.82. The van der Waals surface area contributed by atoms with Crippen molar-refractivity contribution in [1.82, 2.24) is 15.1 Å². The molecule has 0 aliphatic heterocycles. The van der Waals surface area contributed by atoms with Gasteiger partial charge in [0, 0.05) is 19.3 Å². The molecule has 0 aliphatic carbocycles. The van der Waals surface area contributed by atoms with Crippen LogP contribution in [0.2, 0.25) is 0 Å². The van der Waals surface area contributed by atoms with Gasteiger partial charge in [-0.25, -0.2) is 0 Å². The lowest BCUT2D eigenvalue weighted by molar-refractivity contribution is -0.141. The first kappa shape index (κ1) is 17.7. The SMILES string of the molecule is CCn1cc(C(=O)NCC(Cc2ccc3ccccc3c2)C(=O)O)cn1. The monoisotopic (exact) mass is 351 g/mol. The van der Waals surface area contributed by atoms with E-state index in [0.717, 1.165) is 16.3 Å². The topological polar surface area (TPSA) is 84.2 Å². The highest BCUT2D eigenvalue weighted by Gasteiger charge is 2.20. The zero-order valence-corrected chi connectivity index (χ0v) is 14.6. The van der Waals surface area contributed by atoms with E-state index >= 15 is 0 Å². The molecular formula is C20H21N3O3. The number of fused-ring (bicyclic) bond motifs is 1. The molecule has 3 aromatic rings. The third-order valence-electron chi connectivity index (χ3n) is 4.37. The van der Waals surface area contributed by atoms with E-state index in [1.165, 1.54) is 6.20 Å². The summed E-state index contributed by atoms with van der Waals surface area (Å²) in [4.78, 5) is 23.8. The van der Waals surface area contributed by atoms with E-state index in [9.17, 15) is 14.7 Å². The van der Waals surface area contributed by atoms with Crippen LogP contribution in [-0.4, -0.2) is 33.3 Å². The second-order valence-corrected chi connectivity index (χ2v) is 6.22. The number of nitrogens with zero attached hydrogens (tertiary/aromatic N) is 2. The lowest BCUT2D eigenvalue weighted by Crippen LogP contribution is -2.34. The summed E-state index contributed by atoms with van der Waals surface area (Å²) >= 11 is 0. The van der Waals surface area contributed by atoms with Gasteiger partial charge in [0.25, 0.3) is 5.91 Å². The summed E-state index contributed by atoms with van der Waals surface area (Å²) in [5.41, 5.74) is 1.37. The van der Waals surface area contributed by atoms with Gasteiger partial charge in [-0.1, -0.05) is 42.5 Å². The minimum absolute atomic E-state index is 0.0678. The molecule has 26 heavy (non-hydrogen) atoms.